The number of amides is 1. The number of nitrogens with two attached hydrogens (primary N) is 5. The Labute approximate surface area is 227 Å². The van der Waals surface area contributed by atoms with Crippen molar-refractivity contribution in [3.05, 3.63) is 0 Å². The minimum Gasteiger partial charge on any atom is -0.394 e. The third-order valence-electron chi connectivity index (χ3n) is 7.76. The van der Waals surface area contributed by atoms with Gasteiger partial charge in [0.25, 0.3) is 0 Å². The molecule has 2 heterocycles. The highest BCUT2D eigenvalue weighted by molar-refractivity contribution is 5.80. The van der Waals surface area contributed by atoms with Crippen LogP contribution in [0.3, 0.4) is 0 Å². The summed E-state index contributed by atoms with van der Waals surface area (Å²) in [4.78, 5) is 12.7. The molecule has 0 aromatic carbocycles. The maximum Gasteiger partial charge on any atom is 0.249 e. The van der Waals surface area contributed by atoms with Gasteiger partial charge in [0.1, 0.15) is 42.2 Å². The van der Waals surface area contributed by atoms with Crippen molar-refractivity contribution in [3.8, 4) is 0 Å². The molecule has 16 heteroatoms. The van der Waals surface area contributed by atoms with Gasteiger partial charge in [0.15, 0.2) is 12.6 Å². The number of nitrogens with one attached hydrogen (secondary N) is 1. The summed E-state index contributed by atoms with van der Waals surface area (Å²) in [5.74, 6) is -0.768. The van der Waals surface area contributed by atoms with Crippen molar-refractivity contribution in [2.75, 3.05) is 19.7 Å². The molecular formula is C23H46N6O10. The van der Waals surface area contributed by atoms with E-state index in [2.05, 4.69) is 5.32 Å². The quantitative estimate of drug-likeness (QED) is 0.117. The Morgan fingerprint density at radius 3 is 2.33 bits per heavy atom. The number of aliphatic hydroxyl groups is 5. The molecule has 16 N–H and O–H groups in total. The van der Waals surface area contributed by atoms with E-state index in [4.69, 9.17) is 47.6 Å². The van der Waals surface area contributed by atoms with Crippen LogP contribution >= 0.6 is 0 Å². The summed E-state index contributed by atoms with van der Waals surface area (Å²) in [5, 5.41) is 55.1. The molecule has 0 aromatic heterocycles. The van der Waals surface area contributed by atoms with Crippen LogP contribution in [0, 0.1) is 0 Å². The van der Waals surface area contributed by atoms with Crippen LogP contribution in [0.15, 0.2) is 0 Å². The van der Waals surface area contributed by atoms with Gasteiger partial charge in [-0.1, -0.05) is 0 Å². The minimum absolute atomic E-state index is 0.00709. The van der Waals surface area contributed by atoms with Crippen LogP contribution in [0.25, 0.3) is 0 Å². The molecule has 0 spiro atoms. The molecule has 2 saturated heterocycles. The van der Waals surface area contributed by atoms with Crippen molar-refractivity contribution in [1.29, 1.82) is 0 Å². The zero-order chi connectivity index (χ0) is 29.1. The minimum atomic E-state index is -1.95. The third-order valence-corrected chi connectivity index (χ3v) is 7.76. The second-order valence-electron chi connectivity index (χ2n) is 10.8. The molecule has 0 aromatic rings. The summed E-state index contributed by atoms with van der Waals surface area (Å²) < 4.78 is 23.6. The number of rotatable bonds is 10. The second kappa shape index (κ2) is 13.7. The number of carbonyl (C=O) groups excluding carboxylic acids is 1. The van der Waals surface area contributed by atoms with Crippen molar-refractivity contribution in [2.24, 2.45) is 28.7 Å². The van der Waals surface area contributed by atoms with Crippen molar-refractivity contribution in [3.63, 3.8) is 0 Å². The Hall–Kier alpha value is -1.09. The van der Waals surface area contributed by atoms with Gasteiger partial charge in [-0.2, -0.15) is 0 Å². The molecule has 3 rings (SSSR count). The van der Waals surface area contributed by atoms with E-state index in [1.54, 1.807) is 0 Å². The molecule has 1 aliphatic carbocycles. The standard InChI is InChI=1S/C23H46N6O10/c1-23(35)18(38-21-10(26)3-2-9(7-25)36-21)11(27)6-12(29-20(34)13(31)4-5-24)19(23)39-22-17(33)15(28)16(32)14(8-30)37-22/h9-19,21-22,30-33,35H,2-8,24-28H2,1H3,(H,29,34)/t9?,10?,11-,12+,13-,14?,15-,16-,17?,18?,19+,21-,22-,23?/m0/s1. The van der Waals surface area contributed by atoms with Crippen LogP contribution in [-0.4, -0.2) is 136 Å². The summed E-state index contributed by atoms with van der Waals surface area (Å²) in [7, 11) is 0. The van der Waals surface area contributed by atoms with Gasteiger partial charge in [0.2, 0.25) is 5.91 Å². The monoisotopic (exact) mass is 566 g/mol. The first-order valence-corrected chi connectivity index (χ1v) is 13.3. The molecule has 16 nitrogen and oxygen atoms in total. The Bertz CT molecular complexity index is 796. The maximum atomic E-state index is 12.7. The van der Waals surface area contributed by atoms with Crippen molar-refractivity contribution in [1.82, 2.24) is 5.32 Å². The van der Waals surface area contributed by atoms with Crippen LogP contribution < -0.4 is 34.0 Å². The maximum absolute atomic E-state index is 12.7. The van der Waals surface area contributed by atoms with Gasteiger partial charge >= 0.3 is 0 Å². The van der Waals surface area contributed by atoms with E-state index in [-0.39, 0.29) is 32.0 Å². The molecule has 14 atom stereocenters. The molecule has 39 heavy (non-hydrogen) atoms. The molecule has 1 saturated carbocycles. The zero-order valence-electron chi connectivity index (χ0n) is 22.1. The predicted molar refractivity (Wildman–Crippen MR) is 135 cm³/mol. The summed E-state index contributed by atoms with van der Waals surface area (Å²) in [6.45, 7) is 1.06. The smallest absolute Gasteiger partial charge is 0.249 e. The number of hydrogen-bond acceptors (Lipinski definition) is 15. The van der Waals surface area contributed by atoms with Crippen LogP contribution in [0.1, 0.15) is 32.6 Å². The van der Waals surface area contributed by atoms with E-state index in [0.717, 1.165) is 0 Å². The van der Waals surface area contributed by atoms with Crippen molar-refractivity contribution in [2.45, 2.75) is 118 Å². The van der Waals surface area contributed by atoms with E-state index in [9.17, 15) is 30.3 Å². The third kappa shape index (κ3) is 7.22. The van der Waals surface area contributed by atoms with Crippen LogP contribution in [-0.2, 0) is 23.7 Å². The largest absolute Gasteiger partial charge is 0.394 e. The van der Waals surface area contributed by atoms with Gasteiger partial charge in [-0.05, 0) is 39.2 Å². The van der Waals surface area contributed by atoms with E-state index < -0.39 is 91.5 Å². The molecule has 1 amide bonds. The highest BCUT2D eigenvalue weighted by Crippen LogP contribution is 2.37. The lowest BCUT2D eigenvalue weighted by molar-refractivity contribution is -0.330. The SMILES string of the molecule is CC1(O)C(O[C@@H]2OC(CN)CCC2N)[C@@H](N)C[C@@H](NC(=O)[C@@H](O)CCN)[C@H]1O[C@@H]1OC(CO)[C@H](O)[C@H](N)C1O. The summed E-state index contributed by atoms with van der Waals surface area (Å²) in [6.07, 6.45) is -9.57. The molecular weight excluding hydrogens is 520 g/mol. The number of ether oxygens (including phenoxy) is 4. The molecule has 0 radical (unpaired) electrons. The average molecular weight is 567 g/mol. The van der Waals surface area contributed by atoms with Crippen LogP contribution in [0.4, 0.5) is 0 Å². The fourth-order valence-corrected chi connectivity index (χ4v) is 5.41. The number of aliphatic hydroxyl groups excluding tert-OH is 4. The summed E-state index contributed by atoms with van der Waals surface area (Å²) in [6, 6.07) is -3.63. The Morgan fingerprint density at radius 1 is 1.05 bits per heavy atom. The molecule has 2 aliphatic heterocycles. The van der Waals surface area contributed by atoms with Gasteiger partial charge in [0.05, 0.1) is 30.8 Å². The fourth-order valence-electron chi connectivity index (χ4n) is 5.41. The van der Waals surface area contributed by atoms with E-state index in [1.807, 2.05) is 0 Å². The van der Waals surface area contributed by atoms with E-state index >= 15 is 0 Å². The first-order chi connectivity index (χ1) is 18.3. The number of carbonyl (C=O) groups is 1. The Balaban J connectivity index is 1.89. The number of hydrogen-bond donors (Lipinski definition) is 11. The molecule has 0 bridgehead atoms. The van der Waals surface area contributed by atoms with Crippen LogP contribution in [0.2, 0.25) is 0 Å². The van der Waals surface area contributed by atoms with Gasteiger partial charge < -0.3 is 78.5 Å². The van der Waals surface area contributed by atoms with Gasteiger partial charge in [0, 0.05) is 12.6 Å². The first kappa shape index (κ1) is 32.4. The topological polar surface area (TPSA) is 297 Å². The highest BCUT2D eigenvalue weighted by atomic mass is 16.7. The first-order valence-electron chi connectivity index (χ1n) is 13.3. The van der Waals surface area contributed by atoms with Crippen LogP contribution in [0.5, 0.6) is 0 Å². The van der Waals surface area contributed by atoms with Gasteiger partial charge in [-0.3, -0.25) is 4.79 Å². The van der Waals surface area contributed by atoms with Gasteiger partial charge in [-0.25, -0.2) is 0 Å². The van der Waals surface area contributed by atoms with Crippen molar-refractivity contribution < 1.29 is 49.3 Å². The fraction of sp³-hybridized carbons (Fsp3) is 0.957. The molecule has 6 unspecified atom stereocenters. The highest BCUT2D eigenvalue weighted by Gasteiger charge is 2.56. The molecule has 3 aliphatic rings. The van der Waals surface area contributed by atoms with Gasteiger partial charge in [-0.15, -0.1) is 0 Å². The molecule has 3 fully saturated rings. The second-order valence-corrected chi connectivity index (χ2v) is 10.8. The lowest BCUT2D eigenvalue weighted by Crippen LogP contribution is -2.73. The Kier molecular flexibility index (Phi) is 11.4. The molecule has 228 valence electrons. The lowest BCUT2D eigenvalue weighted by atomic mass is 9.74. The lowest BCUT2D eigenvalue weighted by Gasteiger charge is -2.52. The van der Waals surface area contributed by atoms with Crippen molar-refractivity contribution >= 4 is 5.91 Å². The summed E-state index contributed by atoms with van der Waals surface area (Å²) in [5.41, 5.74) is 27.8. The normalized spacial score (nSPS) is 46.0. The van der Waals surface area contributed by atoms with E-state index in [0.29, 0.717) is 12.8 Å². The summed E-state index contributed by atoms with van der Waals surface area (Å²) >= 11 is 0. The van der Waals surface area contributed by atoms with E-state index in [1.165, 1.54) is 6.92 Å². The zero-order valence-corrected chi connectivity index (χ0v) is 22.1. The Morgan fingerprint density at radius 2 is 1.72 bits per heavy atom. The predicted octanol–water partition coefficient (Wildman–Crippen LogP) is -6.01. The average Bonchev–Trinajstić information content (AvgIpc) is 2.89.